The minimum atomic E-state index is -1.72. The van der Waals surface area contributed by atoms with Crippen LogP contribution in [0.2, 0.25) is 10.0 Å². The molecule has 0 N–H and O–H groups in total. The molecule has 43 heavy (non-hydrogen) atoms. The summed E-state index contributed by atoms with van der Waals surface area (Å²) >= 11 is 21.8. The summed E-state index contributed by atoms with van der Waals surface area (Å²) < 4.78 is 12.2. The summed E-state index contributed by atoms with van der Waals surface area (Å²) in [6.45, 7) is 5.24. The van der Waals surface area contributed by atoms with E-state index >= 15 is 0 Å². The van der Waals surface area contributed by atoms with Crippen molar-refractivity contribution in [3.63, 3.8) is 0 Å². The van der Waals surface area contributed by atoms with Crippen molar-refractivity contribution in [2.75, 3.05) is 13.2 Å². The lowest BCUT2D eigenvalue weighted by atomic mass is 10.0. The molecule has 0 amide bonds. The van der Waals surface area contributed by atoms with Crippen LogP contribution in [0.1, 0.15) is 40.1 Å². The number of hydrogen-bond donors (Lipinski definition) is 0. The SMILES string of the molecule is CCOc1ccc(C(=O)c2cc(Br)ccc2Cl)cc1.CCOc1ccccc1.O=C(Cl)c1cc(Br)ccc1Cl.[Cl][Al]([Cl])[Cl]. The van der Waals surface area contributed by atoms with Crippen LogP contribution in [0.5, 0.6) is 11.5 Å². The molecule has 0 unspecified atom stereocenters. The molecule has 13 heteroatoms. The van der Waals surface area contributed by atoms with Gasteiger partial charge in [-0.1, -0.05) is 73.3 Å². The summed E-state index contributed by atoms with van der Waals surface area (Å²) in [5.74, 6) is 1.59. The monoisotopic (exact) mass is 844 g/mol. The minimum absolute atomic E-state index is 0.102. The molecule has 0 bridgehead atoms. The smallest absolute Gasteiger partial charge is 0.494 e. The Morgan fingerprint density at radius 3 is 1.51 bits per heavy atom. The van der Waals surface area contributed by atoms with Gasteiger partial charge in [0.2, 0.25) is 0 Å². The fourth-order valence-corrected chi connectivity index (χ4v) is 4.36. The van der Waals surface area contributed by atoms with Crippen molar-refractivity contribution in [1.29, 1.82) is 0 Å². The average molecular weight is 849 g/mol. The lowest BCUT2D eigenvalue weighted by Crippen LogP contribution is -2.02. The number of para-hydroxylation sites is 1. The Labute approximate surface area is 300 Å². The maximum absolute atomic E-state index is 12.3. The predicted octanol–water partition coefficient (Wildman–Crippen LogP) is 12.0. The molecular formula is C30H25AlBr2Cl6O4. The molecule has 0 atom stereocenters. The van der Waals surface area contributed by atoms with Crippen LogP contribution in [0, 0.1) is 0 Å². The molecule has 4 rings (SSSR count). The van der Waals surface area contributed by atoms with Crippen LogP contribution in [0.25, 0.3) is 0 Å². The highest BCUT2D eigenvalue weighted by Gasteiger charge is 2.13. The summed E-state index contributed by atoms with van der Waals surface area (Å²) in [4.78, 5) is 23.0. The Bertz CT molecular complexity index is 1430. The molecule has 0 aromatic heterocycles. The summed E-state index contributed by atoms with van der Waals surface area (Å²) in [6, 6.07) is 27.0. The predicted molar refractivity (Wildman–Crippen MR) is 190 cm³/mol. The van der Waals surface area contributed by atoms with Crippen LogP contribution in [0.15, 0.2) is 99.9 Å². The van der Waals surface area contributed by atoms with Gasteiger partial charge in [0.1, 0.15) is 11.5 Å². The Hall–Kier alpha value is -0.948. The molecule has 0 fully saturated rings. The first kappa shape index (κ1) is 40.1. The van der Waals surface area contributed by atoms with Crippen molar-refractivity contribution in [2.24, 2.45) is 0 Å². The van der Waals surface area contributed by atoms with Crippen LogP contribution < -0.4 is 9.47 Å². The topological polar surface area (TPSA) is 52.6 Å². The van der Waals surface area contributed by atoms with Gasteiger partial charge in [-0.05, 0) is 98.2 Å². The van der Waals surface area contributed by atoms with E-state index in [-0.39, 0.29) is 5.78 Å². The third-order valence-corrected chi connectivity index (χ3v) is 6.64. The Kier molecular flexibility index (Phi) is 21.0. The molecule has 0 saturated carbocycles. The zero-order chi connectivity index (χ0) is 32.4. The highest BCUT2D eigenvalue weighted by Crippen LogP contribution is 2.25. The number of benzene rings is 4. The fraction of sp³-hybridized carbons (Fsp3) is 0.133. The van der Waals surface area contributed by atoms with Gasteiger partial charge in [-0.25, -0.2) is 30.1 Å². The second-order valence-electron chi connectivity index (χ2n) is 7.80. The van der Waals surface area contributed by atoms with E-state index in [9.17, 15) is 9.59 Å². The van der Waals surface area contributed by atoms with Gasteiger partial charge in [-0.2, -0.15) is 0 Å². The summed E-state index contributed by atoms with van der Waals surface area (Å²) in [5, 5.41) is 0.270. The first-order valence-electron chi connectivity index (χ1n) is 12.4. The fourth-order valence-electron chi connectivity index (χ4n) is 3.03. The number of carbonyl (C=O) groups is 2. The minimum Gasteiger partial charge on any atom is -0.494 e. The number of ketones is 1. The van der Waals surface area contributed by atoms with Gasteiger partial charge in [0.05, 0.1) is 28.8 Å². The van der Waals surface area contributed by atoms with Gasteiger partial charge in [0.15, 0.2) is 5.78 Å². The molecule has 0 radical (unpaired) electrons. The van der Waals surface area contributed by atoms with Gasteiger partial charge in [-0.15, -0.1) is 0 Å². The maximum atomic E-state index is 12.3. The van der Waals surface area contributed by atoms with Gasteiger partial charge >= 0.3 is 11.4 Å². The highest BCUT2D eigenvalue weighted by atomic mass is 79.9. The quantitative estimate of drug-likeness (QED) is 0.106. The van der Waals surface area contributed by atoms with Gasteiger partial charge in [0.25, 0.3) is 5.24 Å². The van der Waals surface area contributed by atoms with E-state index in [1.54, 1.807) is 60.7 Å². The molecule has 0 aliphatic carbocycles. The third kappa shape index (κ3) is 16.8. The van der Waals surface area contributed by atoms with Gasteiger partial charge in [-0.3, -0.25) is 9.59 Å². The molecule has 228 valence electrons. The van der Waals surface area contributed by atoms with Crippen LogP contribution in [-0.2, 0) is 0 Å². The van der Waals surface area contributed by atoms with Gasteiger partial charge < -0.3 is 9.47 Å². The number of halogens is 8. The normalized spacial score (nSPS) is 9.53. The first-order valence-corrected chi connectivity index (χ1v) is 20.3. The summed E-state index contributed by atoms with van der Waals surface area (Å²) in [7, 11) is 14.8. The average Bonchev–Trinajstić information content (AvgIpc) is 2.97. The van der Waals surface area contributed by atoms with Crippen molar-refractivity contribution in [3.05, 3.63) is 127 Å². The zero-order valence-corrected chi connectivity index (χ0v) is 31.7. The Morgan fingerprint density at radius 1 is 0.674 bits per heavy atom. The van der Waals surface area contributed by atoms with Crippen LogP contribution >= 0.6 is 96.8 Å². The molecule has 0 aliphatic rings. The van der Waals surface area contributed by atoms with E-state index in [1.165, 1.54) is 0 Å². The summed E-state index contributed by atoms with van der Waals surface area (Å²) in [6.07, 6.45) is 0. The van der Waals surface area contributed by atoms with Gasteiger partial charge in [0, 0.05) is 20.1 Å². The zero-order valence-electron chi connectivity index (χ0n) is 22.8. The van der Waals surface area contributed by atoms with Crippen molar-refractivity contribution in [2.45, 2.75) is 13.8 Å². The van der Waals surface area contributed by atoms with Crippen molar-refractivity contribution >= 4 is 119 Å². The maximum Gasteiger partial charge on any atom is 0.643 e. The molecule has 0 aliphatic heterocycles. The van der Waals surface area contributed by atoms with Crippen LogP contribution in [0.4, 0.5) is 0 Å². The van der Waals surface area contributed by atoms with E-state index in [1.807, 2.05) is 44.2 Å². The van der Waals surface area contributed by atoms with E-state index < -0.39 is 16.6 Å². The van der Waals surface area contributed by atoms with E-state index in [4.69, 9.17) is 74.4 Å². The number of ether oxygens (including phenoxy) is 2. The molecular weight excluding hydrogens is 824 g/mol. The van der Waals surface area contributed by atoms with Crippen molar-refractivity contribution in [3.8, 4) is 11.5 Å². The Morgan fingerprint density at radius 2 is 1.09 bits per heavy atom. The van der Waals surface area contributed by atoms with E-state index in [2.05, 4.69) is 31.9 Å². The molecule has 4 aromatic carbocycles. The first-order chi connectivity index (χ1) is 20.4. The number of hydrogen-bond acceptors (Lipinski definition) is 4. The third-order valence-electron chi connectivity index (χ3n) is 4.79. The lowest BCUT2D eigenvalue weighted by molar-refractivity contribution is 0.103. The second kappa shape index (κ2) is 22.5. The van der Waals surface area contributed by atoms with Crippen LogP contribution in [0.3, 0.4) is 0 Å². The lowest BCUT2D eigenvalue weighted by Gasteiger charge is -2.06. The van der Waals surface area contributed by atoms with E-state index in [0.29, 0.717) is 33.3 Å². The van der Waals surface area contributed by atoms with Crippen molar-refractivity contribution < 1.29 is 19.1 Å². The Balaban J connectivity index is 0.000000327. The molecule has 4 nitrogen and oxygen atoms in total. The number of carbonyl (C=O) groups excluding carboxylic acids is 2. The second-order valence-corrected chi connectivity index (χ2v) is 17.2. The summed E-state index contributed by atoms with van der Waals surface area (Å²) in [5.41, 5.74) is 1.39. The van der Waals surface area contributed by atoms with Crippen LogP contribution in [-0.4, -0.2) is 35.6 Å². The van der Waals surface area contributed by atoms with E-state index in [0.717, 1.165) is 27.1 Å². The molecule has 0 saturated heterocycles. The largest absolute Gasteiger partial charge is 0.643 e. The van der Waals surface area contributed by atoms with Crippen molar-refractivity contribution in [1.82, 2.24) is 0 Å². The number of rotatable bonds is 7. The molecule has 4 aromatic rings. The highest BCUT2D eigenvalue weighted by molar-refractivity contribution is 9.10. The molecule has 0 spiro atoms. The standard InChI is InChI=1S/C15H12BrClO2.C8H10O.C7H3BrCl2O.Al.3ClH/c1-2-19-12-6-3-10(4-7-12)15(18)13-9-11(16)5-8-14(13)17;1-2-9-8-6-4-3-5-7-8;8-4-1-2-6(9)5(3-4)7(10)11;;;;/h3-9H,2H2,1H3;3-7H,2H2,1H3;1-3H;;3*1H/q;;;+3;;;/p-3. The molecule has 0 heterocycles.